The molecular formula is C16H17NO2. The van der Waals surface area contributed by atoms with Crippen LogP contribution in [0, 0.1) is 0 Å². The van der Waals surface area contributed by atoms with Gasteiger partial charge in [-0.05, 0) is 55.5 Å². The molecule has 0 aliphatic rings. The lowest BCUT2D eigenvalue weighted by atomic mass is 10.2. The largest absolute Gasteiger partial charge is 0.494 e. The molecule has 0 saturated heterocycles. The molecule has 0 fully saturated rings. The quantitative estimate of drug-likeness (QED) is 0.763. The molecular weight excluding hydrogens is 238 g/mol. The molecule has 98 valence electrons. The highest BCUT2D eigenvalue weighted by atomic mass is 16.5. The summed E-state index contributed by atoms with van der Waals surface area (Å²) in [6.45, 7) is 2.64. The Labute approximate surface area is 113 Å². The zero-order valence-electron chi connectivity index (χ0n) is 11.2. The Hall–Kier alpha value is -2.29. The minimum atomic E-state index is 0.669. The van der Waals surface area contributed by atoms with Gasteiger partial charge in [0.15, 0.2) is 0 Å². The molecule has 0 radical (unpaired) electrons. The monoisotopic (exact) mass is 255 g/mol. The molecule has 2 aromatic carbocycles. The third-order valence-electron chi connectivity index (χ3n) is 2.95. The zero-order valence-corrected chi connectivity index (χ0v) is 11.2. The standard InChI is InChI=1S/C16H17NO2/c1-3-19-16-10-8-15(9-11-16)17(2)14-6-4-13(12-18)5-7-14/h4-12H,3H2,1-2H3. The fourth-order valence-electron chi connectivity index (χ4n) is 1.86. The van der Waals surface area contributed by atoms with Gasteiger partial charge in [-0.15, -0.1) is 0 Å². The summed E-state index contributed by atoms with van der Waals surface area (Å²) in [7, 11) is 1.99. The van der Waals surface area contributed by atoms with E-state index in [-0.39, 0.29) is 0 Å². The number of benzene rings is 2. The van der Waals surface area contributed by atoms with Crippen molar-refractivity contribution in [2.45, 2.75) is 6.92 Å². The molecule has 19 heavy (non-hydrogen) atoms. The third-order valence-corrected chi connectivity index (χ3v) is 2.95. The fraction of sp³-hybridized carbons (Fsp3) is 0.188. The lowest BCUT2D eigenvalue weighted by molar-refractivity contribution is 0.112. The topological polar surface area (TPSA) is 29.5 Å². The van der Waals surface area contributed by atoms with Crippen LogP contribution >= 0.6 is 0 Å². The predicted octanol–water partition coefficient (Wildman–Crippen LogP) is 3.67. The summed E-state index contributed by atoms with van der Waals surface area (Å²) in [4.78, 5) is 12.7. The highest BCUT2D eigenvalue weighted by Crippen LogP contribution is 2.25. The second kappa shape index (κ2) is 6.05. The van der Waals surface area contributed by atoms with Crippen LogP contribution in [-0.4, -0.2) is 19.9 Å². The summed E-state index contributed by atoms with van der Waals surface area (Å²) in [5.41, 5.74) is 2.79. The number of anilines is 2. The van der Waals surface area contributed by atoms with E-state index >= 15 is 0 Å². The molecule has 0 atom stereocenters. The van der Waals surface area contributed by atoms with Crippen molar-refractivity contribution >= 4 is 17.7 Å². The van der Waals surface area contributed by atoms with Crippen molar-refractivity contribution in [3.63, 3.8) is 0 Å². The van der Waals surface area contributed by atoms with Crippen molar-refractivity contribution in [2.24, 2.45) is 0 Å². The number of carbonyl (C=O) groups is 1. The molecule has 0 heterocycles. The van der Waals surface area contributed by atoms with Crippen molar-refractivity contribution < 1.29 is 9.53 Å². The second-order valence-corrected chi connectivity index (χ2v) is 4.20. The predicted molar refractivity (Wildman–Crippen MR) is 77.5 cm³/mol. The number of rotatable bonds is 5. The molecule has 0 amide bonds. The van der Waals surface area contributed by atoms with Gasteiger partial charge in [0.25, 0.3) is 0 Å². The van der Waals surface area contributed by atoms with E-state index in [1.165, 1.54) is 0 Å². The first-order valence-electron chi connectivity index (χ1n) is 6.26. The molecule has 0 N–H and O–H groups in total. The van der Waals surface area contributed by atoms with Gasteiger partial charge in [0.2, 0.25) is 0 Å². The second-order valence-electron chi connectivity index (χ2n) is 4.20. The molecule has 3 nitrogen and oxygen atoms in total. The van der Waals surface area contributed by atoms with Crippen molar-refractivity contribution in [1.29, 1.82) is 0 Å². The van der Waals surface area contributed by atoms with Crippen LogP contribution in [0.15, 0.2) is 48.5 Å². The Kier molecular flexibility index (Phi) is 4.18. The summed E-state index contributed by atoms with van der Waals surface area (Å²) in [6, 6.07) is 15.4. The maximum atomic E-state index is 10.6. The molecule has 0 bridgehead atoms. The van der Waals surface area contributed by atoms with E-state index in [9.17, 15) is 4.79 Å². The van der Waals surface area contributed by atoms with E-state index in [1.807, 2.05) is 62.5 Å². The zero-order chi connectivity index (χ0) is 13.7. The Balaban J connectivity index is 2.17. The van der Waals surface area contributed by atoms with E-state index in [1.54, 1.807) is 0 Å². The average molecular weight is 255 g/mol. The van der Waals surface area contributed by atoms with Gasteiger partial charge in [-0.2, -0.15) is 0 Å². The van der Waals surface area contributed by atoms with Gasteiger partial charge < -0.3 is 9.64 Å². The van der Waals surface area contributed by atoms with Gasteiger partial charge in [0.05, 0.1) is 6.61 Å². The Bertz CT molecular complexity index is 532. The number of carbonyl (C=O) groups excluding carboxylic acids is 1. The normalized spacial score (nSPS) is 10.0. The van der Waals surface area contributed by atoms with Crippen LogP contribution < -0.4 is 9.64 Å². The maximum Gasteiger partial charge on any atom is 0.150 e. The van der Waals surface area contributed by atoms with Crippen LogP contribution in [0.4, 0.5) is 11.4 Å². The molecule has 0 aromatic heterocycles. The molecule has 0 aliphatic heterocycles. The first kappa shape index (κ1) is 13.1. The van der Waals surface area contributed by atoms with Crippen LogP contribution in [-0.2, 0) is 0 Å². The Morgan fingerprint density at radius 3 is 2.00 bits per heavy atom. The van der Waals surface area contributed by atoms with Gasteiger partial charge in [0, 0.05) is 24.0 Å². The van der Waals surface area contributed by atoms with Crippen LogP contribution in [0.25, 0.3) is 0 Å². The molecule has 0 aliphatic carbocycles. The lowest BCUT2D eigenvalue weighted by Gasteiger charge is -2.19. The number of ether oxygens (including phenoxy) is 1. The third kappa shape index (κ3) is 3.13. The van der Waals surface area contributed by atoms with Crippen molar-refractivity contribution in [3.05, 3.63) is 54.1 Å². The van der Waals surface area contributed by atoms with E-state index in [4.69, 9.17) is 4.74 Å². The van der Waals surface area contributed by atoms with Gasteiger partial charge in [-0.1, -0.05) is 0 Å². The molecule has 0 saturated carbocycles. The van der Waals surface area contributed by atoms with E-state index in [0.29, 0.717) is 12.2 Å². The van der Waals surface area contributed by atoms with E-state index in [2.05, 4.69) is 4.90 Å². The Morgan fingerprint density at radius 1 is 1.00 bits per heavy atom. The van der Waals surface area contributed by atoms with Gasteiger partial charge in [-0.3, -0.25) is 4.79 Å². The fourth-order valence-corrected chi connectivity index (χ4v) is 1.86. The average Bonchev–Trinajstić information content (AvgIpc) is 2.48. The van der Waals surface area contributed by atoms with Crippen molar-refractivity contribution in [3.8, 4) is 5.75 Å². The minimum absolute atomic E-state index is 0.669. The molecule has 3 heteroatoms. The summed E-state index contributed by atoms with van der Waals surface area (Å²) in [5, 5.41) is 0. The summed E-state index contributed by atoms with van der Waals surface area (Å²) < 4.78 is 5.42. The maximum absolute atomic E-state index is 10.6. The van der Waals surface area contributed by atoms with Crippen LogP contribution in [0.3, 0.4) is 0 Å². The minimum Gasteiger partial charge on any atom is -0.494 e. The number of aldehydes is 1. The number of hydrogen-bond acceptors (Lipinski definition) is 3. The highest BCUT2D eigenvalue weighted by molar-refractivity contribution is 5.76. The summed E-state index contributed by atoms with van der Waals surface area (Å²) in [5.74, 6) is 0.871. The Morgan fingerprint density at radius 2 is 1.53 bits per heavy atom. The van der Waals surface area contributed by atoms with Crippen LogP contribution in [0.5, 0.6) is 5.75 Å². The lowest BCUT2D eigenvalue weighted by Crippen LogP contribution is -2.09. The molecule has 2 rings (SSSR count). The van der Waals surface area contributed by atoms with Gasteiger partial charge in [-0.25, -0.2) is 0 Å². The smallest absolute Gasteiger partial charge is 0.150 e. The summed E-state index contributed by atoms with van der Waals surface area (Å²) >= 11 is 0. The van der Waals surface area contributed by atoms with Crippen LogP contribution in [0.2, 0.25) is 0 Å². The first-order chi connectivity index (χ1) is 9.24. The van der Waals surface area contributed by atoms with E-state index < -0.39 is 0 Å². The highest BCUT2D eigenvalue weighted by Gasteiger charge is 2.04. The molecule has 2 aromatic rings. The SMILES string of the molecule is CCOc1ccc(N(C)c2ccc(C=O)cc2)cc1. The van der Waals surface area contributed by atoms with Crippen molar-refractivity contribution in [1.82, 2.24) is 0 Å². The van der Waals surface area contributed by atoms with Gasteiger partial charge in [0.1, 0.15) is 12.0 Å². The van der Waals surface area contributed by atoms with Gasteiger partial charge >= 0.3 is 0 Å². The number of hydrogen-bond donors (Lipinski definition) is 0. The van der Waals surface area contributed by atoms with Crippen molar-refractivity contribution in [2.75, 3.05) is 18.6 Å². The van der Waals surface area contributed by atoms with E-state index in [0.717, 1.165) is 23.4 Å². The first-order valence-corrected chi connectivity index (χ1v) is 6.26. The summed E-state index contributed by atoms with van der Waals surface area (Å²) in [6.07, 6.45) is 0.848. The number of nitrogens with zero attached hydrogens (tertiary/aromatic N) is 1. The molecule has 0 spiro atoms. The van der Waals surface area contributed by atoms with Crippen LogP contribution in [0.1, 0.15) is 17.3 Å². The molecule has 0 unspecified atom stereocenters.